The van der Waals surface area contributed by atoms with Gasteiger partial charge in [0.1, 0.15) is 11.7 Å². The van der Waals surface area contributed by atoms with Crippen molar-refractivity contribution in [3.05, 3.63) is 22.8 Å². The average molecular weight is 257 g/mol. The number of aliphatic hydroxyl groups excluding tert-OH is 1. The number of nitrogen functional groups attached to an aromatic ring is 1. The Morgan fingerprint density at radius 3 is 2.82 bits per heavy atom. The molecule has 0 radical (unpaired) electrons. The van der Waals surface area contributed by atoms with Crippen LogP contribution in [0.3, 0.4) is 0 Å². The molecule has 0 fully saturated rings. The molecule has 0 saturated carbocycles. The maximum absolute atomic E-state index is 9.01. The third kappa shape index (κ3) is 3.31. The van der Waals surface area contributed by atoms with Crippen LogP contribution in [0, 0.1) is 5.41 Å². The molecule has 1 aromatic rings. The van der Waals surface area contributed by atoms with Crippen LogP contribution in [0.1, 0.15) is 18.9 Å². The molecule has 0 saturated heterocycles. The first-order chi connectivity index (χ1) is 8.11. The summed E-state index contributed by atoms with van der Waals surface area (Å²) in [4.78, 5) is 6.07. The zero-order valence-electron chi connectivity index (χ0n) is 9.78. The van der Waals surface area contributed by atoms with E-state index in [-0.39, 0.29) is 12.4 Å². The normalized spacial score (nSPS) is 10.3. The molecule has 0 aromatic carbocycles. The fourth-order valence-electron chi connectivity index (χ4n) is 1.58. The number of hydrogen-bond acceptors (Lipinski definition) is 4. The van der Waals surface area contributed by atoms with Crippen LogP contribution in [0.2, 0.25) is 5.02 Å². The lowest BCUT2D eigenvalue weighted by Crippen LogP contribution is -2.29. The van der Waals surface area contributed by atoms with E-state index < -0.39 is 0 Å². The summed E-state index contributed by atoms with van der Waals surface area (Å²) in [6, 6.07) is 1.61. The van der Waals surface area contributed by atoms with Crippen molar-refractivity contribution < 1.29 is 5.11 Å². The number of pyridine rings is 1. The van der Waals surface area contributed by atoms with Gasteiger partial charge in [-0.1, -0.05) is 18.5 Å². The van der Waals surface area contributed by atoms with E-state index in [9.17, 15) is 0 Å². The Kier molecular flexibility index (Phi) is 5.18. The van der Waals surface area contributed by atoms with E-state index in [1.165, 1.54) is 0 Å². The molecule has 0 atom stereocenters. The van der Waals surface area contributed by atoms with E-state index in [1.54, 1.807) is 12.3 Å². The Bertz CT molecular complexity index is 391. The van der Waals surface area contributed by atoms with E-state index in [0.29, 0.717) is 22.9 Å². The largest absolute Gasteiger partial charge is 0.395 e. The van der Waals surface area contributed by atoms with Gasteiger partial charge in [-0.25, -0.2) is 4.98 Å². The molecule has 0 bridgehead atoms. The summed E-state index contributed by atoms with van der Waals surface area (Å²) in [6.45, 7) is 3.27. The molecule has 0 aliphatic carbocycles. The third-order valence-electron chi connectivity index (χ3n) is 2.32. The van der Waals surface area contributed by atoms with Gasteiger partial charge in [0.2, 0.25) is 0 Å². The van der Waals surface area contributed by atoms with Crippen LogP contribution in [0.4, 0.5) is 5.82 Å². The fourth-order valence-corrected chi connectivity index (χ4v) is 1.91. The Morgan fingerprint density at radius 1 is 1.59 bits per heavy atom. The second-order valence-electron chi connectivity index (χ2n) is 3.62. The van der Waals surface area contributed by atoms with Gasteiger partial charge in [-0.2, -0.15) is 0 Å². The highest BCUT2D eigenvalue weighted by Gasteiger charge is 2.15. The van der Waals surface area contributed by atoms with Crippen molar-refractivity contribution in [3.63, 3.8) is 0 Å². The number of amidine groups is 1. The third-order valence-corrected chi connectivity index (χ3v) is 2.70. The molecule has 94 valence electrons. The molecule has 1 aromatic heterocycles. The number of aliphatic hydroxyl groups is 1. The second kappa shape index (κ2) is 6.42. The summed E-state index contributed by atoms with van der Waals surface area (Å²) in [7, 11) is 0. The quantitative estimate of drug-likeness (QED) is 0.528. The summed E-state index contributed by atoms with van der Waals surface area (Å²) >= 11 is 6.16. The van der Waals surface area contributed by atoms with Crippen molar-refractivity contribution in [1.29, 1.82) is 5.41 Å². The lowest BCUT2D eigenvalue weighted by Gasteiger charge is -2.23. The van der Waals surface area contributed by atoms with Gasteiger partial charge in [-0.05, 0) is 12.5 Å². The number of anilines is 1. The number of halogens is 1. The standard InChI is InChI=1S/C11H17ClN4O/c1-2-5-16(6-7-17)11-9(12)8(10(13)14)3-4-15-11/h3-4,17H,2,5-7H2,1H3,(H3,13,14). The molecule has 0 unspecified atom stereocenters. The summed E-state index contributed by atoms with van der Waals surface area (Å²) < 4.78 is 0. The highest BCUT2D eigenvalue weighted by molar-refractivity contribution is 6.36. The SMILES string of the molecule is CCCN(CCO)c1nccc(C(=N)N)c1Cl. The number of nitrogens with one attached hydrogen (secondary N) is 1. The molecule has 6 heteroatoms. The molecule has 4 N–H and O–H groups in total. The van der Waals surface area contributed by atoms with E-state index >= 15 is 0 Å². The fraction of sp³-hybridized carbons (Fsp3) is 0.455. The zero-order valence-corrected chi connectivity index (χ0v) is 10.5. The molecular formula is C11H17ClN4O. The van der Waals surface area contributed by atoms with Gasteiger partial charge in [0, 0.05) is 24.8 Å². The second-order valence-corrected chi connectivity index (χ2v) is 4.00. The van der Waals surface area contributed by atoms with Crippen molar-refractivity contribution in [1.82, 2.24) is 4.98 Å². The van der Waals surface area contributed by atoms with E-state index in [4.69, 9.17) is 27.9 Å². The molecule has 0 spiro atoms. The maximum Gasteiger partial charge on any atom is 0.148 e. The van der Waals surface area contributed by atoms with Gasteiger partial charge in [0.05, 0.1) is 11.6 Å². The predicted molar refractivity (Wildman–Crippen MR) is 69.9 cm³/mol. The highest BCUT2D eigenvalue weighted by Crippen LogP contribution is 2.26. The molecule has 1 heterocycles. The smallest absolute Gasteiger partial charge is 0.148 e. The first kappa shape index (κ1) is 13.7. The van der Waals surface area contributed by atoms with Crippen LogP contribution in [0.5, 0.6) is 0 Å². The van der Waals surface area contributed by atoms with Gasteiger partial charge in [-0.15, -0.1) is 0 Å². The predicted octanol–water partition coefficient (Wildman–Crippen LogP) is 1.23. The van der Waals surface area contributed by atoms with Gasteiger partial charge < -0.3 is 15.7 Å². The number of nitrogens with two attached hydrogens (primary N) is 1. The van der Waals surface area contributed by atoms with Crippen LogP contribution in [0.25, 0.3) is 0 Å². The molecular weight excluding hydrogens is 240 g/mol. The van der Waals surface area contributed by atoms with Crippen molar-refractivity contribution in [2.75, 3.05) is 24.6 Å². The van der Waals surface area contributed by atoms with Crippen LogP contribution < -0.4 is 10.6 Å². The lowest BCUT2D eigenvalue weighted by atomic mass is 10.2. The van der Waals surface area contributed by atoms with Crippen LogP contribution in [0.15, 0.2) is 12.3 Å². The molecule has 1 rings (SSSR count). The van der Waals surface area contributed by atoms with Crippen molar-refractivity contribution in [2.45, 2.75) is 13.3 Å². The van der Waals surface area contributed by atoms with Crippen LogP contribution >= 0.6 is 11.6 Å². The minimum atomic E-state index is -0.0842. The molecule has 0 amide bonds. The zero-order chi connectivity index (χ0) is 12.8. The first-order valence-corrected chi connectivity index (χ1v) is 5.84. The lowest BCUT2D eigenvalue weighted by molar-refractivity contribution is 0.301. The molecule has 0 aliphatic heterocycles. The number of aromatic nitrogens is 1. The number of rotatable bonds is 6. The minimum absolute atomic E-state index is 0.0301. The van der Waals surface area contributed by atoms with E-state index in [0.717, 1.165) is 13.0 Å². The van der Waals surface area contributed by atoms with Gasteiger partial charge in [0.15, 0.2) is 0 Å². The minimum Gasteiger partial charge on any atom is -0.395 e. The number of nitrogens with zero attached hydrogens (tertiary/aromatic N) is 2. The Hall–Kier alpha value is -1.33. The van der Waals surface area contributed by atoms with Gasteiger partial charge in [-0.3, -0.25) is 5.41 Å². The first-order valence-electron chi connectivity index (χ1n) is 5.46. The Morgan fingerprint density at radius 2 is 2.29 bits per heavy atom. The summed E-state index contributed by atoms with van der Waals surface area (Å²) in [5, 5.41) is 16.8. The van der Waals surface area contributed by atoms with Crippen LogP contribution in [-0.2, 0) is 0 Å². The van der Waals surface area contributed by atoms with Crippen molar-refractivity contribution >= 4 is 23.3 Å². The summed E-state index contributed by atoms with van der Waals surface area (Å²) in [5.41, 5.74) is 5.90. The molecule has 5 nitrogen and oxygen atoms in total. The summed E-state index contributed by atoms with van der Waals surface area (Å²) in [6.07, 6.45) is 2.49. The topological polar surface area (TPSA) is 86.2 Å². The molecule has 0 aliphatic rings. The Labute approximate surface area is 106 Å². The Balaban J connectivity index is 3.10. The van der Waals surface area contributed by atoms with Gasteiger partial charge >= 0.3 is 0 Å². The van der Waals surface area contributed by atoms with Crippen molar-refractivity contribution in [3.8, 4) is 0 Å². The highest BCUT2D eigenvalue weighted by atomic mass is 35.5. The maximum atomic E-state index is 9.01. The summed E-state index contributed by atoms with van der Waals surface area (Å²) in [5.74, 6) is 0.481. The van der Waals surface area contributed by atoms with Gasteiger partial charge in [0.25, 0.3) is 0 Å². The van der Waals surface area contributed by atoms with Crippen molar-refractivity contribution in [2.24, 2.45) is 5.73 Å². The molecule has 17 heavy (non-hydrogen) atoms. The van der Waals surface area contributed by atoms with E-state index in [1.807, 2.05) is 11.8 Å². The van der Waals surface area contributed by atoms with Crippen LogP contribution in [-0.4, -0.2) is 35.6 Å². The average Bonchev–Trinajstić information content (AvgIpc) is 2.29. The monoisotopic (exact) mass is 256 g/mol. The number of hydrogen-bond donors (Lipinski definition) is 3. The van der Waals surface area contributed by atoms with E-state index in [2.05, 4.69) is 4.98 Å².